The lowest BCUT2D eigenvalue weighted by Gasteiger charge is -2.06. The van der Waals surface area contributed by atoms with Crippen molar-refractivity contribution in [3.63, 3.8) is 0 Å². The standard InChI is InChI=1S/C14H21N3O/c1-5-17-11(3)7-13(12(17)4)8-15-9-14-6-10(2)16-18-14/h6-7,15H,5,8-9H2,1-4H3. The average molecular weight is 247 g/mol. The molecule has 2 aromatic heterocycles. The minimum Gasteiger partial charge on any atom is -0.360 e. The Labute approximate surface area is 108 Å². The Bertz CT molecular complexity index is 525. The average Bonchev–Trinajstić information content (AvgIpc) is 2.85. The lowest BCUT2D eigenvalue weighted by atomic mass is 10.2. The third-order valence-electron chi connectivity index (χ3n) is 3.29. The lowest BCUT2D eigenvalue weighted by Crippen LogP contribution is -2.13. The summed E-state index contributed by atoms with van der Waals surface area (Å²) in [4.78, 5) is 0. The zero-order chi connectivity index (χ0) is 13.1. The highest BCUT2D eigenvalue weighted by atomic mass is 16.5. The quantitative estimate of drug-likeness (QED) is 0.883. The van der Waals surface area contributed by atoms with Crippen molar-refractivity contribution < 1.29 is 4.52 Å². The smallest absolute Gasteiger partial charge is 0.150 e. The molecule has 0 spiro atoms. The van der Waals surface area contributed by atoms with E-state index >= 15 is 0 Å². The third-order valence-corrected chi connectivity index (χ3v) is 3.29. The molecule has 0 aliphatic heterocycles. The number of nitrogens with zero attached hydrogens (tertiary/aromatic N) is 2. The van der Waals surface area contributed by atoms with Gasteiger partial charge in [-0.05, 0) is 39.3 Å². The fourth-order valence-corrected chi connectivity index (χ4v) is 2.36. The number of aryl methyl sites for hydroxylation is 2. The molecule has 0 saturated heterocycles. The van der Waals surface area contributed by atoms with E-state index < -0.39 is 0 Å². The highest BCUT2D eigenvalue weighted by Gasteiger charge is 2.07. The van der Waals surface area contributed by atoms with Crippen molar-refractivity contribution in [1.29, 1.82) is 0 Å². The summed E-state index contributed by atoms with van der Waals surface area (Å²) in [6.07, 6.45) is 0. The lowest BCUT2D eigenvalue weighted by molar-refractivity contribution is 0.369. The minimum absolute atomic E-state index is 0.719. The van der Waals surface area contributed by atoms with Crippen molar-refractivity contribution in [2.45, 2.75) is 47.3 Å². The Morgan fingerprint density at radius 2 is 2.00 bits per heavy atom. The molecular weight excluding hydrogens is 226 g/mol. The summed E-state index contributed by atoms with van der Waals surface area (Å²) in [6.45, 7) is 11.0. The molecule has 0 saturated carbocycles. The second-order valence-electron chi connectivity index (χ2n) is 4.68. The first-order valence-electron chi connectivity index (χ1n) is 6.40. The Morgan fingerprint density at radius 3 is 2.56 bits per heavy atom. The number of rotatable bonds is 5. The molecule has 0 amide bonds. The van der Waals surface area contributed by atoms with E-state index in [4.69, 9.17) is 4.52 Å². The van der Waals surface area contributed by atoms with E-state index in [-0.39, 0.29) is 0 Å². The van der Waals surface area contributed by atoms with Crippen LogP contribution in [0.3, 0.4) is 0 Å². The van der Waals surface area contributed by atoms with Gasteiger partial charge < -0.3 is 14.4 Å². The molecule has 0 fully saturated rings. The van der Waals surface area contributed by atoms with Crippen LogP contribution in [0, 0.1) is 20.8 Å². The summed E-state index contributed by atoms with van der Waals surface area (Å²) in [5, 5.41) is 7.26. The number of nitrogens with one attached hydrogen (secondary N) is 1. The maximum atomic E-state index is 5.16. The van der Waals surface area contributed by atoms with Crippen LogP contribution in [-0.4, -0.2) is 9.72 Å². The second-order valence-corrected chi connectivity index (χ2v) is 4.68. The van der Waals surface area contributed by atoms with Gasteiger partial charge >= 0.3 is 0 Å². The Kier molecular flexibility index (Phi) is 3.87. The van der Waals surface area contributed by atoms with E-state index in [1.807, 2.05) is 13.0 Å². The van der Waals surface area contributed by atoms with Crippen molar-refractivity contribution in [2.75, 3.05) is 0 Å². The van der Waals surface area contributed by atoms with Crippen LogP contribution in [0.1, 0.15) is 35.3 Å². The maximum Gasteiger partial charge on any atom is 0.150 e. The molecule has 1 N–H and O–H groups in total. The summed E-state index contributed by atoms with van der Waals surface area (Å²) in [6, 6.07) is 4.21. The van der Waals surface area contributed by atoms with Crippen LogP contribution in [0.15, 0.2) is 16.7 Å². The molecule has 2 aromatic rings. The van der Waals surface area contributed by atoms with Crippen molar-refractivity contribution >= 4 is 0 Å². The van der Waals surface area contributed by atoms with E-state index in [2.05, 4.69) is 41.9 Å². The van der Waals surface area contributed by atoms with Gasteiger partial charge in [-0.15, -0.1) is 0 Å². The predicted octanol–water partition coefficient (Wildman–Crippen LogP) is 2.71. The van der Waals surface area contributed by atoms with E-state index in [0.29, 0.717) is 0 Å². The Hall–Kier alpha value is -1.55. The van der Waals surface area contributed by atoms with Gasteiger partial charge in [-0.3, -0.25) is 0 Å². The van der Waals surface area contributed by atoms with E-state index in [1.54, 1.807) is 0 Å². The largest absolute Gasteiger partial charge is 0.360 e. The monoisotopic (exact) mass is 247 g/mol. The van der Waals surface area contributed by atoms with E-state index in [0.717, 1.165) is 31.1 Å². The number of hydrogen-bond acceptors (Lipinski definition) is 3. The summed E-state index contributed by atoms with van der Waals surface area (Å²) in [7, 11) is 0. The maximum absolute atomic E-state index is 5.16. The first kappa shape index (κ1) is 12.9. The van der Waals surface area contributed by atoms with Gasteiger partial charge in [0.25, 0.3) is 0 Å². The molecule has 0 aliphatic rings. The molecule has 0 aromatic carbocycles. The topological polar surface area (TPSA) is 43.0 Å². The van der Waals surface area contributed by atoms with Gasteiger partial charge in [0.1, 0.15) is 0 Å². The fraction of sp³-hybridized carbons (Fsp3) is 0.500. The molecule has 0 aliphatic carbocycles. The Morgan fingerprint density at radius 1 is 1.22 bits per heavy atom. The fourth-order valence-electron chi connectivity index (χ4n) is 2.36. The van der Waals surface area contributed by atoms with Gasteiger partial charge in [0.15, 0.2) is 5.76 Å². The van der Waals surface area contributed by atoms with Gasteiger partial charge in [0.05, 0.1) is 12.2 Å². The van der Waals surface area contributed by atoms with Crippen LogP contribution >= 0.6 is 0 Å². The molecule has 0 bridgehead atoms. The number of hydrogen-bond donors (Lipinski definition) is 1. The van der Waals surface area contributed by atoms with E-state index in [1.165, 1.54) is 17.0 Å². The van der Waals surface area contributed by atoms with Crippen LogP contribution in [0.4, 0.5) is 0 Å². The zero-order valence-corrected chi connectivity index (χ0v) is 11.6. The first-order chi connectivity index (χ1) is 8.61. The predicted molar refractivity (Wildman–Crippen MR) is 71.4 cm³/mol. The summed E-state index contributed by atoms with van der Waals surface area (Å²) < 4.78 is 7.49. The van der Waals surface area contributed by atoms with Crippen molar-refractivity contribution in [2.24, 2.45) is 0 Å². The third kappa shape index (κ3) is 2.64. The Balaban J connectivity index is 1.94. The highest BCUT2D eigenvalue weighted by Crippen LogP contribution is 2.14. The second kappa shape index (κ2) is 5.40. The minimum atomic E-state index is 0.719. The van der Waals surface area contributed by atoms with Gasteiger partial charge in [0, 0.05) is 30.5 Å². The van der Waals surface area contributed by atoms with Crippen LogP contribution in [0.2, 0.25) is 0 Å². The molecule has 2 rings (SSSR count). The summed E-state index contributed by atoms with van der Waals surface area (Å²) >= 11 is 0. The van der Waals surface area contributed by atoms with Gasteiger partial charge in [-0.25, -0.2) is 0 Å². The van der Waals surface area contributed by atoms with Crippen LogP contribution in [0.25, 0.3) is 0 Å². The van der Waals surface area contributed by atoms with Crippen molar-refractivity contribution in [3.8, 4) is 0 Å². The molecule has 4 nitrogen and oxygen atoms in total. The van der Waals surface area contributed by atoms with Crippen LogP contribution in [0.5, 0.6) is 0 Å². The normalized spacial score (nSPS) is 11.1. The zero-order valence-electron chi connectivity index (χ0n) is 11.6. The summed E-state index contributed by atoms with van der Waals surface area (Å²) in [5.41, 5.74) is 4.94. The van der Waals surface area contributed by atoms with Crippen LogP contribution < -0.4 is 5.32 Å². The van der Waals surface area contributed by atoms with Gasteiger partial charge in [-0.1, -0.05) is 5.16 Å². The molecule has 0 atom stereocenters. The van der Waals surface area contributed by atoms with Crippen LogP contribution in [-0.2, 0) is 19.6 Å². The summed E-state index contributed by atoms with van der Waals surface area (Å²) in [5.74, 6) is 0.886. The number of aromatic nitrogens is 2. The van der Waals surface area contributed by atoms with Crippen molar-refractivity contribution in [1.82, 2.24) is 15.0 Å². The molecule has 4 heteroatoms. The van der Waals surface area contributed by atoms with Gasteiger partial charge in [0.2, 0.25) is 0 Å². The van der Waals surface area contributed by atoms with Crippen molar-refractivity contribution in [3.05, 3.63) is 40.5 Å². The molecule has 98 valence electrons. The molecular formula is C14H21N3O. The molecule has 18 heavy (non-hydrogen) atoms. The van der Waals surface area contributed by atoms with Gasteiger partial charge in [-0.2, -0.15) is 0 Å². The molecule has 0 radical (unpaired) electrons. The van der Waals surface area contributed by atoms with E-state index in [9.17, 15) is 0 Å². The molecule has 0 unspecified atom stereocenters. The molecule has 2 heterocycles. The SMILES string of the molecule is CCn1c(C)cc(CNCc2cc(C)no2)c1C. The highest BCUT2D eigenvalue weighted by molar-refractivity contribution is 5.26. The first-order valence-corrected chi connectivity index (χ1v) is 6.40.